The number of thiazole rings is 1. The van der Waals surface area contributed by atoms with Gasteiger partial charge < -0.3 is 0 Å². The number of anilines is 1. The van der Waals surface area contributed by atoms with Gasteiger partial charge >= 0.3 is 6.18 Å². The molecule has 0 aliphatic carbocycles. The number of carbonyl (C=O) groups excluding carboxylic acids is 1. The number of benzene rings is 1. The fourth-order valence-corrected chi connectivity index (χ4v) is 4.16. The molecule has 1 amide bonds. The molecule has 2 aromatic heterocycles. The van der Waals surface area contributed by atoms with Gasteiger partial charge in [-0.05, 0) is 24.3 Å². The molecule has 3 nitrogen and oxygen atoms in total. The molecule has 2 heterocycles. The van der Waals surface area contributed by atoms with Crippen molar-refractivity contribution in [3.05, 3.63) is 55.5 Å². The van der Waals surface area contributed by atoms with Crippen LogP contribution in [-0.2, 0) is 6.18 Å². The number of halogens is 5. The number of rotatable bonds is 3. The number of carbonyl (C=O) groups is 1. The van der Waals surface area contributed by atoms with Crippen molar-refractivity contribution in [1.82, 2.24) is 4.98 Å². The lowest BCUT2D eigenvalue weighted by molar-refractivity contribution is -0.137. The van der Waals surface area contributed by atoms with Gasteiger partial charge in [0.2, 0.25) is 0 Å². The third kappa shape index (κ3) is 4.14. The van der Waals surface area contributed by atoms with Crippen LogP contribution in [0, 0.1) is 0 Å². The third-order valence-electron chi connectivity index (χ3n) is 3.11. The van der Waals surface area contributed by atoms with Crippen molar-refractivity contribution in [2.45, 2.75) is 6.18 Å². The molecule has 0 aliphatic rings. The number of aromatic nitrogens is 1. The average molecular weight is 423 g/mol. The first-order chi connectivity index (χ1) is 11.7. The van der Waals surface area contributed by atoms with E-state index < -0.39 is 17.6 Å². The predicted octanol–water partition coefficient (Wildman–Crippen LogP) is 6.45. The predicted molar refractivity (Wildman–Crippen MR) is 94.8 cm³/mol. The molecule has 10 heteroatoms. The Labute approximate surface area is 158 Å². The molecule has 0 saturated heterocycles. The monoisotopic (exact) mass is 422 g/mol. The van der Waals surface area contributed by atoms with Crippen LogP contribution in [0.3, 0.4) is 0 Å². The summed E-state index contributed by atoms with van der Waals surface area (Å²) in [5, 5.41) is 4.40. The fraction of sp³-hybridized carbons (Fsp3) is 0.0667. The molecular formula is C15H7Cl2F3N2OS2. The molecule has 25 heavy (non-hydrogen) atoms. The van der Waals surface area contributed by atoms with Gasteiger partial charge in [-0.15, -0.1) is 22.7 Å². The van der Waals surface area contributed by atoms with E-state index in [0.29, 0.717) is 19.9 Å². The van der Waals surface area contributed by atoms with E-state index in [9.17, 15) is 18.0 Å². The van der Waals surface area contributed by atoms with Crippen LogP contribution < -0.4 is 5.32 Å². The molecule has 0 bridgehead atoms. The maximum Gasteiger partial charge on any atom is 0.416 e. The third-order valence-corrected chi connectivity index (χ3v) is 5.35. The Morgan fingerprint density at radius 2 is 1.96 bits per heavy atom. The minimum Gasteiger partial charge on any atom is -0.298 e. The van der Waals surface area contributed by atoms with Crippen LogP contribution in [0.25, 0.3) is 11.3 Å². The highest BCUT2D eigenvalue weighted by Crippen LogP contribution is 2.39. The van der Waals surface area contributed by atoms with Crippen molar-refractivity contribution in [3.8, 4) is 11.3 Å². The molecule has 1 N–H and O–H groups in total. The lowest BCUT2D eigenvalue weighted by Crippen LogP contribution is -2.13. The number of alkyl halides is 3. The second-order valence-corrected chi connectivity index (χ2v) is 7.95. The van der Waals surface area contributed by atoms with Crippen LogP contribution in [0.5, 0.6) is 0 Å². The number of nitrogens with zero attached hydrogens (tertiary/aromatic N) is 1. The van der Waals surface area contributed by atoms with E-state index in [-0.39, 0.29) is 10.7 Å². The second-order valence-electron chi connectivity index (χ2n) is 4.81. The Morgan fingerprint density at radius 3 is 2.60 bits per heavy atom. The quantitative estimate of drug-likeness (QED) is 0.526. The lowest BCUT2D eigenvalue weighted by Gasteiger charge is -2.08. The Bertz CT molecular complexity index is 937. The van der Waals surface area contributed by atoms with Crippen molar-refractivity contribution in [2.75, 3.05) is 5.32 Å². The molecule has 0 aliphatic heterocycles. The minimum atomic E-state index is -4.51. The highest BCUT2D eigenvalue weighted by molar-refractivity contribution is 7.20. The van der Waals surface area contributed by atoms with Crippen molar-refractivity contribution < 1.29 is 18.0 Å². The van der Waals surface area contributed by atoms with Gasteiger partial charge in [-0.3, -0.25) is 10.1 Å². The molecule has 0 fully saturated rings. The van der Waals surface area contributed by atoms with E-state index in [1.54, 1.807) is 11.4 Å². The Morgan fingerprint density at radius 1 is 1.20 bits per heavy atom. The summed E-state index contributed by atoms with van der Waals surface area (Å²) in [6, 6.07) is 5.83. The average Bonchev–Trinajstić information content (AvgIpc) is 3.12. The molecule has 0 saturated carbocycles. The summed E-state index contributed by atoms with van der Waals surface area (Å²) < 4.78 is 39.1. The number of amides is 1. The maximum absolute atomic E-state index is 12.7. The summed E-state index contributed by atoms with van der Waals surface area (Å²) in [6.07, 6.45) is -4.51. The number of hydrogen-bond acceptors (Lipinski definition) is 4. The van der Waals surface area contributed by atoms with Gasteiger partial charge in [-0.2, -0.15) is 13.2 Å². The van der Waals surface area contributed by atoms with Crippen molar-refractivity contribution >= 4 is 56.9 Å². The first-order valence-electron chi connectivity index (χ1n) is 6.63. The molecule has 0 radical (unpaired) electrons. The van der Waals surface area contributed by atoms with Crippen LogP contribution in [0.2, 0.25) is 8.67 Å². The van der Waals surface area contributed by atoms with Crippen LogP contribution in [-0.4, -0.2) is 10.9 Å². The molecule has 1 aromatic carbocycles. The van der Waals surface area contributed by atoms with Crippen molar-refractivity contribution in [1.29, 1.82) is 0 Å². The van der Waals surface area contributed by atoms with E-state index >= 15 is 0 Å². The summed E-state index contributed by atoms with van der Waals surface area (Å²) in [5.41, 5.74) is 0.160. The largest absolute Gasteiger partial charge is 0.416 e. The van der Waals surface area contributed by atoms with Crippen LogP contribution in [0.1, 0.15) is 15.9 Å². The first kappa shape index (κ1) is 18.2. The standard InChI is InChI=1S/C15H7Cl2F3N2OS2/c16-11-5-9(12(17)25-11)10-6-24-14(21-10)22-13(23)7-2-1-3-8(4-7)15(18,19)20/h1-6H,(H,21,22,23). The van der Waals surface area contributed by atoms with Gasteiger partial charge in [-0.1, -0.05) is 29.3 Å². The normalized spacial score (nSPS) is 11.6. The van der Waals surface area contributed by atoms with Gasteiger partial charge in [0.25, 0.3) is 5.91 Å². The minimum absolute atomic E-state index is 0.108. The topological polar surface area (TPSA) is 42.0 Å². The SMILES string of the molecule is O=C(Nc1nc(-c2cc(Cl)sc2Cl)cs1)c1cccc(C(F)(F)F)c1. The summed E-state index contributed by atoms with van der Waals surface area (Å²) in [4.78, 5) is 16.4. The summed E-state index contributed by atoms with van der Waals surface area (Å²) in [7, 11) is 0. The Hall–Kier alpha value is -1.61. The first-order valence-corrected chi connectivity index (χ1v) is 9.08. The molecule has 0 spiro atoms. The van der Waals surface area contributed by atoms with Crippen LogP contribution in [0.15, 0.2) is 35.7 Å². The number of hydrogen-bond donors (Lipinski definition) is 1. The summed E-state index contributed by atoms with van der Waals surface area (Å²) in [5.74, 6) is -0.679. The zero-order chi connectivity index (χ0) is 18.2. The highest BCUT2D eigenvalue weighted by Gasteiger charge is 2.31. The summed E-state index contributed by atoms with van der Waals surface area (Å²) in [6.45, 7) is 0. The Kier molecular flexibility index (Phi) is 5.06. The summed E-state index contributed by atoms with van der Waals surface area (Å²) >= 11 is 14.3. The van der Waals surface area contributed by atoms with E-state index in [1.807, 2.05) is 0 Å². The zero-order valence-electron chi connectivity index (χ0n) is 12.0. The van der Waals surface area contributed by atoms with Crippen molar-refractivity contribution in [3.63, 3.8) is 0 Å². The second kappa shape index (κ2) is 6.95. The van der Waals surface area contributed by atoms with Gasteiger partial charge in [-0.25, -0.2) is 4.98 Å². The van der Waals surface area contributed by atoms with Crippen molar-refractivity contribution in [2.24, 2.45) is 0 Å². The molecule has 0 atom stereocenters. The maximum atomic E-state index is 12.7. The van der Waals surface area contributed by atoms with E-state index in [4.69, 9.17) is 23.2 Å². The van der Waals surface area contributed by atoms with Gasteiger partial charge in [0, 0.05) is 16.5 Å². The van der Waals surface area contributed by atoms with Gasteiger partial charge in [0.1, 0.15) is 4.34 Å². The van der Waals surface area contributed by atoms with Crippen LogP contribution in [0.4, 0.5) is 18.3 Å². The fourth-order valence-electron chi connectivity index (χ4n) is 1.98. The van der Waals surface area contributed by atoms with E-state index in [2.05, 4.69) is 10.3 Å². The Balaban J connectivity index is 1.79. The molecule has 3 rings (SSSR count). The zero-order valence-corrected chi connectivity index (χ0v) is 15.2. The van der Waals surface area contributed by atoms with Crippen LogP contribution >= 0.6 is 45.9 Å². The molecule has 0 unspecified atom stereocenters. The van der Waals surface area contributed by atoms with E-state index in [1.165, 1.54) is 23.5 Å². The lowest BCUT2D eigenvalue weighted by atomic mass is 10.1. The smallest absolute Gasteiger partial charge is 0.298 e. The van der Waals surface area contributed by atoms with Gasteiger partial charge in [0.05, 0.1) is 15.6 Å². The van der Waals surface area contributed by atoms with Gasteiger partial charge in [0.15, 0.2) is 5.13 Å². The number of nitrogens with one attached hydrogen (secondary N) is 1. The molecular weight excluding hydrogens is 416 g/mol. The molecule has 130 valence electrons. The number of thiophene rings is 1. The molecule has 3 aromatic rings. The highest BCUT2D eigenvalue weighted by atomic mass is 35.5. The van der Waals surface area contributed by atoms with E-state index in [0.717, 1.165) is 23.5 Å².